The zero-order valence-electron chi connectivity index (χ0n) is 16.1. The third-order valence-electron chi connectivity index (χ3n) is 4.58. The second kappa shape index (κ2) is 8.58. The molecule has 1 aliphatic rings. The number of halogens is 4. The minimum atomic E-state index is -4.84. The number of anilines is 1. The summed E-state index contributed by atoms with van der Waals surface area (Å²) in [6.45, 7) is 2.34. The summed E-state index contributed by atoms with van der Waals surface area (Å²) in [6.07, 6.45) is -4.84. The molecule has 31 heavy (non-hydrogen) atoms. The van der Waals surface area contributed by atoms with Crippen LogP contribution in [0.1, 0.15) is 11.1 Å². The second-order valence-electron chi connectivity index (χ2n) is 6.74. The Kier molecular flexibility index (Phi) is 6.59. The van der Waals surface area contributed by atoms with E-state index < -0.39 is 41.7 Å². The van der Waals surface area contributed by atoms with Crippen LogP contribution >= 0.6 is 11.6 Å². The van der Waals surface area contributed by atoms with Gasteiger partial charge in [0.05, 0.1) is 39.3 Å². The molecule has 13 heteroatoms. The van der Waals surface area contributed by atoms with Crippen LogP contribution in [0, 0.1) is 6.92 Å². The number of hydrogen-bond donors (Lipinski definition) is 1. The first kappa shape index (κ1) is 23.8. The van der Waals surface area contributed by atoms with E-state index in [0.29, 0.717) is 11.6 Å². The third-order valence-corrected chi connectivity index (χ3v) is 8.33. The van der Waals surface area contributed by atoms with Gasteiger partial charge in [-0.15, -0.1) is 0 Å². The lowest BCUT2D eigenvalue weighted by Crippen LogP contribution is -2.40. The Hall–Kier alpha value is -1.86. The van der Waals surface area contributed by atoms with E-state index in [9.17, 15) is 30.0 Å². The smallest absolute Gasteiger partial charge is 0.379 e. The highest BCUT2D eigenvalue weighted by Gasteiger charge is 2.35. The molecule has 2 aromatic rings. The molecule has 0 amide bonds. The number of rotatable bonds is 5. The van der Waals surface area contributed by atoms with Gasteiger partial charge in [0, 0.05) is 13.1 Å². The van der Waals surface area contributed by atoms with E-state index in [1.807, 2.05) is 0 Å². The van der Waals surface area contributed by atoms with Gasteiger partial charge >= 0.3 is 6.18 Å². The predicted octanol–water partition coefficient (Wildman–Crippen LogP) is 3.49. The molecule has 170 valence electrons. The zero-order chi connectivity index (χ0) is 23.0. The van der Waals surface area contributed by atoms with Gasteiger partial charge in [-0.05, 0) is 42.8 Å². The summed E-state index contributed by atoms with van der Waals surface area (Å²) in [6, 6.07) is 6.06. The van der Waals surface area contributed by atoms with Crippen molar-refractivity contribution in [2.45, 2.75) is 22.9 Å². The Morgan fingerprint density at radius 2 is 1.68 bits per heavy atom. The third kappa shape index (κ3) is 5.14. The molecule has 1 aliphatic heterocycles. The normalized spacial score (nSPS) is 16.3. The number of benzene rings is 2. The molecule has 0 atom stereocenters. The van der Waals surface area contributed by atoms with Crippen molar-refractivity contribution in [1.29, 1.82) is 0 Å². The lowest BCUT2D eigenvalue weighted by molar-refractivity contribution is -0.137. The number of hydrogen-bond acceptors (Lipinski definition) is 5. The molecule has 0 spiro atoms. The summed E-state index contributed by atoms with van der Waals surface area (Å²) in [5.41, 5.74) is -1.02. The molecule has 0 radical (unpaired) electrons. The molecule has 0 bridgehead atoms. The summed E-state index contributed by atoms with van der Waals surface area (Å²) in [5, 5.41) is -0.638. The highest BCUT2D eigenvalue weighted by Crippen LogP contribution is 2.36. The van der Waals surface area contributed by atoms with Gasteiger partial charge in [-0.2, -0.15) is 17.5 Å². The fraction of sp³-hybridized carbons (Fsp3) is 0.333. The average molecular weight is 499 g/mol. The Bertz CT molecular complexity index is 1200. The Balaban J connectivity index is 1.95. The standard InChI is InChI=1S/C18H18ClF3N2O5S2/c1-12-2-3-13(10-17(12)31(27,28)24-6-8-29-9-7-24)23-30(25,26)14-4-5-16(19)15(11-14)18(20,21)22/h2-5,10-11,23H,6-9H2,1H3. The summed E-state index contributed by atoms with van der Waals surface area (Å²) in [7, 11) is -8.36. The fourth-order valence-electron chi connectivity index (χ4n) is 2.97. The number of sulfonamides is 2. The SMILES string of the molecule is Cc1ccc(NS(=O)(=O)c2ccc(Cl)c(C(F)(F)F)c2)cc1S(=O)(=O)N1CCOCC1. The van der Waals surface area contributed by atoms with Crippen LogP contribution in [0.3, 0.4) is 0 Å². The van der Waals surface area contributed by atoms with Gasteiger partial charge in [0.1, 0.15) is 0 Å². The largest absolute Gasteiger partial charge is 0.417 e. The first-order chi connectivity index (χ1) is 14.3. The molecular weight excluding hydrogens is 481 g/mol. The highest BCUT2D eigenvalue weighted by atomic mass is 35.5. The summed E-state index contributed by atoms with van der Waals surface area (Å²) >= 11 is 5.54. The van der Waals surface area contributed by atoms with Gasteiger partial charge in [-0.3, -0.25) is 4.72 Å². The molecule has 7 nitrogen and oxygen atoms in total. The predicted molar refractivity (Wildman–Crippen MR) is 108 cm³/mol. The quantitative estimate of drug-likeness (QED) is 0.681. The maximum Gasteiger partial charge on any atom is 0.417 e. The lowest BCUT2D eigenvalue weighted by Gasteiger charge is -2.27. The van der Waals surface area contributed by atoms with Crippen molar-refractivity contribution in [2.75, 3.05) is 31.0 Å². The number of aryl methyl sites for hydroxylation is 1. The van der Waals surface area contributed by atoms with Crippen molar-refractivity contribution in [3.63, 3.8) is 0 Å². The summed E-state index contributed by atoms with van der Waals surface area (Å²) < 4.78 is 98.9. The van der Waals surface area contributed by atoms with E-state index in [-0.39, 0.29) is 36.9 Å². The number of ether oxygens (including phenoxy) is 1. The monoisotopic (exact) mass is 498 g/mol. The second-order valence-corrected chi connectivity index (χ2v) is 10.7. The molecule has 0 aliphatic carbocycles. The first-order valence-electron chi connectivity index (χ1n) is 8.90. The van der Waals surface area contributed by atoms with Crippen LogP contribution < -0.4 is 4.72 Å². The average Bonchev–Trinajstić information content (AvgIpc) is 2.69. The van der Waals surface area contributed by atoms with E-state index in [2.05, 4.69) is 4.72 Å². The van der Waals surface area contributed by atoms with Gasteiger partial charge < -0.3 is 4.74 Å². The zero-order valence-corrected chi connectivity index (χ0v) is 18.5. The molecule has 3 rings (SSSR count). The van der Waals surface area contributed by atoms with E-state index in [4.69, 9.17) is 16.3 Å². The number of morpholine rings is 1. The van der Waals surface area contributed by atoms with E-state index in [1.54, 1.807) is 6.92 Å². The van der Waals surface area contributed by atoms with Gasteiger partial charge in [0.2, 0.25) is 10.0 Å². The number of nitrogens with one attached hydrogen (secondary N) is 1. The molecule has 2 aromatic carbocycles. The van der Waals surface area contributed by atoms with Crippen LogP contribution in [0.15, 0.2) is 46.2 Å². The maximum absolute atomic E-state index is 13.1. The summed E-state index contributed by atoms with van der Waals surface area (Å²) in [4.78, 5) is -0.774. The van der Waals surface area contributed by atoms with Crippen LogP contribution in [0.25, 0.3) is 0 Å². The van der Waals surface area contributed by atoms with Crippen molar-refractivity contribution in [2.24, 2.45) is 0 Å². The van der Waals surface area contributed by atoms with E-state index in [1.165, 1.54) is 16.4 Å². The Labute approximate surface area is 182 Å². The fourth-order valence-corrected chi connectivity index (χ4v) is 5.93. The minimum absolute atomic E-state index is 0.110. The van der Waals surface area contributed by atoms with Crippen molar-refractivity contribution in [3.05, 3.63) is 52.5 Å². The van der Waals surface area contributed by atoms with Crippen molar-refractivity contribution < 1.29 is 34.7 Å². The number of nitrogens with zero attached hydrogens (tertiary/aromatic N) is 1. The van der Waals surface area contributed by atoms with Crippen LogP contribution in [0.2, 0.25) is 5.02 Å². The van der Waals surface area contributed by atoms with Crippen molar-refractivity contribution in [1.82, 2.24) is 4.31 Å². The van der Waals surface area contributed by atoms with Crippen LogP contribution in [0.4, 0.5) is 18.9 Å². The molecule has 1 saturated heterocycles. The first-order valence-corrected chi connectivity index (χ1v) is 12.2. The molecular formula is C18H18ClF3N2O5S2. The van der Waals surface area contributed by atoms with Gasteiger partial charge in [0.25, 0.3) is 10.0 Å². The van der Waals surface area contributed by atoms with E-state index in [0.717, 1.165) is 18.2 Å². The lowest BCUT2D eigenvalue weighted by atomic mass is 10.2. The molecule has 1 heterocycles. The topological polar surface area (TPSA) is 92.8 Å². The van der Waals surface area contributed by atoms with Gasteiger partial charge in [-0.1, -0.05) is 17.7 Å². The Morgan fingerprint density at radius 3 is 2.29 bits per heavy atom. The number of alkyl halides is 3. The molecule has 0 unspecified atom stereocenters. The van der Waals surface area contributed by atoms with Crippen molar-refractivity contribution in [3.8, 4) is 0 Å². The van der Waals surface area contributed by atoms with E-state index >= 15 is 0 Å². The van der Waals surface area contributed by atoms with Gasteiger partial charge in [-0.25, -0.2) is 16.8 Å². The van der Waals surface area contributed by atoms with Gasteiger partial charge in [0.15, 0.2) is 0 Å². The Morgan fingerprint density at radius 1 is 1.03 bits per heavy atom. The van der Waals surface area contributed by atoms with Crippen LogP contribution in [-0.2, 0) is 31.0 Å². The molecule has 1 N–H and O–H groups in total. The van der Waals surface area contributed by atoms with Crippen LogP contribution in [-0.4, -0.2) is 47.4 Å². The molecule has 1 fully saturated rings. The minimum Gasteiger partial charge on any atom is -0.379 e. The van der Waals surface area contributed by atoms with Crippen molar-refractivity contribution >= 4 is 37.3 Å². The maximum atomic E-state index is 13.1. The highest BCUT2D eigenvalue weighted by molar-refractivity contribution is 7.92. The molecule has 0 saturated carbocycles. The molecule has 0 aromatic heterocycles. The van der Waals surface area contributed by atoms with Crippen LogP contribution in [0.5, 0.6) is 0 Å². The summed E-state index contributed by atoms with van der Waals surface area (Å²) in [5.74, 6) is 0.